The third kappa shape index (κ3) is 4.05. The van der Waals surface area contributed by atoms with Gasteiger partial charge in [0.05, 0.1) is 29.3 Å². The van der Waals surface area contributed by atoms with Crippen molar-refractivity contribution in [2.24, 2.45) is 0 Å². The molecule has 1 saturated carbocycles. The van der Waals surface area contributed by atoms with E-state index >= 15 is 0 Å². The summed E-state index contributed by atoms with van der Waals surface area (Å²) in [6.07, 6.45) is 6.04. The molecule has 29 heavy (non-hydrogen) atoms. The minimum atomic E-state index is -0.457. The first-order valence-electron chi connectivity index (χ1n) is 9.72. The van der Waals surface area contributed by atoms with Crippen LogP contribution in [-0.4, -0.2) is 37.8 Å². The Bertz CT molecular complexity index is 1100. The largest absolute Gasteiger partial charge is 0.465 e. The van der Waals surface area contributed by atoms with Gasteiger partial charge in [0.1, 0.15) is 11.6 Å². The summed E-state index contributed by atoms with van der Waals surface area (Å²) in [5.74, 6) is 1.45. The Morgan fingerprint density at radius 3 is 2.83 bits per heavy atom. The number of aromatic nitrogens is 5. The van der Waals surface area contributed by atoms with E-state index in [1.165, 1.54) is 38.1 Å². The molecule has 0 atom stereocenters. The highest BCUT2D eigenvalue weighted by molar-refractivity contribution is 7.98. The van der Waals surface area contributed by atoms with Gasteiger partial charge in [0.25, 0.3) is 5.56 Å². The van der Waals surface area contributed by atoms with Gasteiger partial charge in [-0.2, -0.15) is 0 Å². The van der Waals surface area contributed by atoms with E-state index in [1.807, 2.05) is 6.92 Å². The number of nitrogens with zero attached hydrogens (tertiary/aromatic N) is 4. The molecule has 0 radical (unpaired) electrons. The molecule has 0 unspecified atom stereocenters. The molecule has 1 aliphatic rings. The van der Waals surface area contributed by atoms with E-state index in [4.69, 9.17) is 4.74 Å². The Labute approximate surface area is 172 Å². The Morgan fingerprint density at radius 2 is 2.07 bits per heavy atom. The molecule has 3 aromatic rings. The minimum absolute atomic E-state index is 0.230. The number of thioether (sulfide) groups is 1. The van der Waals surface area contributed by atoms with Crippen LogP contribution in [0.1, 0.15) is 60.2 Å². The van der Waals surface area contributed by atoms with E-state index < -0.39 is 5.97 Å². The molecule has 0 saturated heterocycles. The molecule has 1 aromatic carbocycles. The standard InChI is InChI=1S/C20H23N5O3S/c1-12-23-24-20(25(12)14-6-4-3-5-7-14)29-11-17-21-16-10-13(19(27)28-2)8-9-15(16)18(26)22-17/h8-10,14H,3-7,11H2,1-2H3,(H,21,22,26). The molecule has 0 spiro atoms. The predicted molar refractivity (Wildman–Crippen MR) is 110 cm³/mol. The molecular formula is C20H23N5O3S. The van der Waals surface area contributed by atoms with Gasteiger partial charge >= 0.3 is 5.97 Å². The molecule has 0 amide bonds. The van der Waals surface area contributed by atoms with Crippen molar-refractivity contribution in [3.8, 4) is 0 Å². The average molecular weight is 414 g/mol. The summed E-state index contributed by atoms with van der Waals surface area (Å²) in [7, 11) is 1.32. The van der Waals surface area contributed by atoms with Crippen LogP contribution in [0, 0.1) is 6.92 Å². The predicted octanol–water partition coefficient (Wildman–Crippen LogP) is 3.41. The highest BCUT2D eigenvalue weighted by Gasteiger charge is 2.21. The number of aromatic amines is 1. The molecule has 8 nitrogen and oxygen atoms in total. The lowest BCUT2D eigenvalue weighted by atomic mass is 9.95. The van der Waals surface area contributed by atoms with Crippen LogP contribution in [0.3, 0.4) is 0 Å². The second-order valence-electron chi connectivity index (χ2n) is 7.22. The smallest absolute Gasteiger partial charge is 0.337 e. The summed E-state index contributed by atoms with van der Waals surface area (Å²) in [4.78, 5) is 31.6. The molecule has 2 heterocycles. The van der Waals surface area contributed by atoms with Crippen molar-refractivity contribution < 1.29 is 9.53 Å². The van der Waals surface area contributed by atoms with Crippen LogP contribution in [0.15, 0.2) is 28.2 Å². The fourth-order valence-corrected chi connectivity index (χ4v) is 4.76. The Hall–Kier alpha value is -2.68. The van der Waals surface area contributed by atoms with E-state index in [0.717, 1.165) is 23.8 Å². The van der Waals surface area contributed by atoms with E-state index in [-0.39, 0.29) is 5.56 Å². The highest BCUT2D eigenvalue weighted by atomic mass is 32.2. The van der Waals surface area contributed by atoms with Gasteiger partial charge in [-0.25, -0.2) is 9.78 Å². The monoisotopic (exact) mass is 413 g/mol. The second kappa shape index (κ2) is 8.36. The number of H-pyrrole nitrogens is 1. The number of methoxy groups -OCH3 is 1. The SMILES string of the molecule is COC(=O)c1ccc2c(=O)[nH]c(CSc3nnc(C)n3C3CCCCC3)nc2c1. The maximum Gasteiger partial charge on any atom is 0.337 e. The topological polar surface area (TPSA) is 103 Å². The van der Waals surface area contributed by atoms with Gasteiger partial charge in [0.2, 0.25) is 0 Å². The summed E-state index contributed by atoms with van der Waals surface area (Å²) in [5.41, 5.74) is 0.605. The van der Waals surface area contributed by atoms with Gasteiger partial charge in [-0.05, 0) is 38.0 Å². The lowest BCUT2D eigenvalue weighted by Gasteiger charge is -2.24. The van der Waals surface area contributed by atoms with Crippen molar-refractivity contribution in [2.45, 2.75) is 56.0 Å². The molecule has 1 aliphatic carbocycles. The van der Waals surface area contributed by atoms with Crippen LogP contribution in [-0.2, 0) is 10.5 Å². The van der Waals surface area contributed by atoms with Crippen molar-refractivity contribution in [2.75, 3.05) is 7.11 Å². The molecule has 1 N–H and O–H groups in total. The van der Waals surface area contributed by atoms with Crippen LogP contribution in [0.2, 0.25) is 0 Å². The summed E-state index contributed by atoms with van der Waals surface area (Å²) < 4.78 is 6.97. The first kappa shape index (κ1) is 19.6. The lowest BCUT2D eigenvalue weighted by Crippen LogP contribution is -2.15. The quantitative estimate of drug-likeness (QED) is 0.505. The Balaban J connectivity index is 1.59. The van der Waals surface area contributed by atoms with Crippen LogP contribution in [0.4, 0.5) is 0 Å². The van der Waals surface area contributed by atoms with E-state index in [2.05, 4.69) is 24.7 Å². The number of fused-ring (bicyclic) bond motifs is 1. The minimum Gasteiger partial charge on any atom is -0.465 e. The van der Waals surface area contributed by atoms with Crippen molar-refractivity contribution >= 4 is 28.6 Å². The van der Waals surface area contributed by atoms with Gasteiger partial charge < -0.3 is 14.3 Å². The average Bonchev–Trinajstić information content (AvgIpc) is 3.12. The number of hydrogen-bond acceptors (Lipinski definition) is 7. The van der Waals surface area contributed by atoms with Crippen molar-refractivity contribution in [3.05, 3.63) is 45.8 Å². The van der Waals surface area contributed by atoms with Gasteiger partial charge in [-0.1, -0.05) is 31.0 Å². The van der Waals surface area contributed by atoms with Crippen LogP contribution >= 0.6 is 11.8 Å². The summed E-state index contributed by atoms with van der Waals surface area (Å²) in [6, 6.07) is 5.18. The maximum atomic E-state index is 12.4. The van der Waals surface area contributed by atoms with E-state index in [9.17, 15) is 9.59 Å². The van der Waals surface area contributed by atoms with Crippen molar-refractivity contribution in [3.63, 3.8) is 0 Å². The third-order valence-corrected chi connectivity index (χ3v) is 6.24. The number of carbonyl (C=O) groups is 1. The fourth-order valence-electron chi connectivity index (χ4n) is 3.84. The maximum absolute atomic E-state index is 12.4. The number of nitrogens with one attached hydrogen (secondary N) is 1. The number of esters is 1. The summed E-state index contributed by atoms with van der Waals surface area (Å²) in [6.45, 7) is 1.98. The molecule has 4 rings (SSSR count). The molecule has 2 aromatic heterocycles. The van der Waals surface area contributed by atoms with Crippen molar-refractivity contribution in [1.29, 1.82) is 0 Å². The zero-order valence-corrected chi connectivity index (χ0v) is 17.3. The highest BCUT2D eigenvalue weighted by Crippen LogP contribution is 2.33. The lowest BCUT2D eigenvalue weighted by molar-refractivity contribution is 0.0601. The van der Waals surface area contributed by atoms with E-state index in [0.29, 0.717) is 34.1 Å². The van der Waals surface area contributed by atoms with Crippen LogP contribution < -0.4 is 5.56 Å². The number of ether oxygens (including phenoxy) is 1. The van der Waals surface area contributed by atoms with Crippen LogP contribution in [0.25, 0.3) is 10.9 Å². The van der Waals surface area contributed by atoms with Crippen LogP contribution in [0.5, 0.6) is 0 Å². The molecule has 1 fully saturated rings. The molecular weight excluding hydrogens is 390 g/mol. The normalized spacial score (nSPS) is 15.0. The Morgan fingerprint density at radius 1 is 1.28 bits per heavy atom. The number of rotatable bonds is 5. The number of carbonyl (C=O) groups excluding carboxylic acids is 1. The summed E-state index contributed by atoms with van der Waals surface area (Å²) in [5, 5.41) is 9.88. The van der Waals surface area contributed by atoms with Gasteiger partial charge in [0, 0.05) is 6.04 Å². The van der Waals surface area contributed by atoms with Crippen molar-refractivity contribution in [1.82, 2.24) is 24.7 Å². The number of hydrogen-bond donors (Lipinski definition) is 1. The van der Waals surface area contributed by atoms with Gasteiger partial charge in [-0.3, -0.25) is 4.79 Å². The first-order valence-corrected chi connectivity index (χ1v) is 10.7. The van der Waals surface area contributed by atoms with Gasteiger partial charge in [-0.15, -0.1) is 10.2 Å². The molecule has 152 valence electrons. The number of benzene rings is 1. The second-order valence-corrected chi connectivity index (χ2v) is 8.16. The van der Waals surface area contributed by atoms with Gasteiger partial charge in [0.15, 0.2) is 5.16 Å². The first-order chi connectivity index (χ1) is 14.1. The third-order valence-electron chi connectivity index (χ3n) is 5.29. The zero-order chi connectivity index (χ0) is 20.4. The molecule has 0 bridgehead atoms. The summed E-state index contributed by atoms with van der Waals surface area (Å²) >= 11 is 1.51. The fraction of sp³-hybridized carbons (Fsp3) is 0.450. The van der Waals surface area contributed by atoms with E-state index in [1.54, 1.807) is 18.2 Å². The Kier molecular flexibility index (Phi) is 5.66. The zero-order valence-electron chi connectivity index (χ0n) is 16.5. The molecule has 9 heteroatoms. The molecule has 0 aliphatic heterocycles. The number of aryl methyl sites for hydroxylation is 1.